The normalized spacial score (nSPS) is 13.4. The van der Waals surface area contributed by atoms with Crippen molar-refractivity contribution < 1.29 is 4.42 Å². The van der Waals surface area contributed by atoms with Crippen LogP contribution in [0.25, 0.3) is 0 Å². The molecule has 0 amide bonds. The van der Waals surface area contributed by atoms with Crippen molar-refractivity contribution in [2.75, 3.05) is 25.9 Å². The molecule has 0 fully saturated rings. The smallest absolute Gasteiger partial charge is 0.191 e. The zero-order chi connectivity index (χ0) is 13.2. The highest BCUT2D eigenvalue weighted by Crippen LogP contribution is 2.04. The number of hydrogen-bond acceptors (Lipinski definition) is 3. The van der Waals surface area contributed by atoms with Gasteiger partial charge in [-0.15, -0.1) is 0 Å². The number of nitrogens with zero attached hydrogens (tertiary/aromatic N) is 1. The van der Waals surface area contributed by atoms with E-state index in [0.29, 0.717) is 5.25 Å². The molecule has 4 nitrogen and oxygen atoms in total. The fourth-order valence-corrected chi connectivity index (χ4v) is 1.62. The van der Waals surface area contributed by atoms with Crippen LogP contribution in [0.15, 0.2) is 27.8 Å². The fourth-order valence-electron chi connectivity index (χ4n) is 1.40. The van der Waals surface area contributed by atoms with E-state index in [1.807, 2.05) is 23.9 Å². The summed E-state index contributed by atoms with van der Waals surface area (Å²) >= 11 is 1.83. The second-order valence-electron chi connectivity index (χ2n) is 4.02. The lowest BCUT2D eigenvalue weighted by atomic mass is 10.3. The van der Waals surface area contributed by atoms with E-state index in [4.69, 9.17) is 4.42 Å². The Balaban J connectivity index is 2.32. The van der Waals surface area contributed by atoms with Gasteiger partial charge in [-0.2, -0.15) is 11.8 Å². The first kappa shape index (κ1) is 15.0. The van der Waals surface area contributed by atoms with Crippen molar-refractivity contribution >= 4 is 17.7 Å². The molecule has 102 valence electrons. The largest absolute Gasteiger partial charge is 0.469 e. The predicted octanol–water partition coefficient (Wildman–Crippen LogP) is 2.13. The van der Waals surface area contributed by atoms with Crippen molar-refractivity contribution in [3.63, 3.8) is 0 Å². The van der Waals surface area contributed by atoms with Crippen molar-refractivity contribution in [2.24, 2.45) is 4.99 Å². The quantitative estimate of drug-likeness (QED) is 0.588. The number of nitrogens with one attached hydrogen (secondary N) is 2. The summed E-state index contributed by atoms with van der Waals surface area (Å²) in [7, 11) is 0. The van der Waals surface area contributed by atoms with Crippen LogP contribution < -0.4 is 10.6 Å². The van der Waals surface area contributed by atoms with Gasteiger partial charge in [0.1, 0.15) is 5.76 Å². The lowest BCUT2D eigenvalue weighted by molar-refractivity contribution is 0.507. The number of thioether (sulfide) groups is 1. The van der Waals surface area contributed by atoms with Crippen LogP contribution in [-0.2, 0) is 6.42 Å². The summed E-state index contributed by atoms with van der Waals surface area (Å²) in [5.74, 6) is 1.88. The molecule has 1 unspecified atom stereocenters. The third-order valence-corrected chi connectivity index (χ3v) is 3.45. The standard InChI is InChI=1S/C13H23N3OS/c1-4-14-13(16-10-11(2)18-3)15-8-7-12-6-5-9-17-12/h5-6,9,11H,4,7-8,10H2,1-3H3,(H2,14,15,16). The minimum absolute atomic E-state index is 0.547. The summed E-state index contributed by atoms with van der Waals surface area (Å²) in [5.41, 5.74) is 0. The van der Waals surface area contributed by atoms with E-state index >= 15 is 0 Å². The minimum Gasteiger partial charge on any atom is -0.469 e. The van der Waals surface area contributed by atoms with Crippen LogP contribution in [0.4, 0.5) is 0 Å². The van der Waals surface area contributed by atoms with E-state index in [2.05, 4.69) is 35.7 Å². The van der Waals surface area contributed by atoms with Crippen LogP contribution in [0, 0.1) is 0 Å². The molecule has 2 N–H and O–H groups in total. The molecule has 0 saturated carbocycles. The Hall–Kier alpha value is -1.10. The molecule has 1 aromatic rings. The zero-order valence-corrected chi connectivity index (χ0v) is 12.2. The van der Waals surface area contributed by atoms with Crippen LogP contribution in [0.5, 0.6) is 0 Å². The molecule has 1 heterocycles. The lowest BCUT2D eigenvalue weighted by Crippen LogP contribution is -2.38. The Kier molecular flexibility index (Phi) is 7.41. The maximum Gasteiger partial charge on any atom is 0.191 e. The average molecular weight is 269 g/mol. The molecule has 0 aliphatic rings. The molecule has 0 saturated heterocycles. The Morgan fingerprint density at radius 1 is 1.50 bits per heavy atom. The first-order valence-electron chi connectivity index (χ1n) is 6.33. The van der Waals surface area contributed by atoms with Crippen molar-refractivity contribution in [3.8, 4) is 0 Å². The second-order valence-corrected chi connectivity index (χ2v) is 5.30. The van der Waals surface area contributed by atoms with Crippen LogP contribution in [0.2, 0.25) is 0 Å². The summed E-state index contributed by atoms with van der Waals surface area (Å²) in [6.45, 7) is 6.78. The lowest BCUT2D eigenvalue weighted by Gasteiger charge is -2.12. The van der Waals surface area contributed by atoms with Gasteiger partial charge in [0.2, 0.25) is 0 Å². The first-order valence-corrected chi connectivity index (χ1v) is 7.62. The van der Waals surface area contributed by atoms with Gasteiger partial charge >= 0.3 is 0 Å². The highest BCUT2D eigenvalue weighted by atomic mass is 32.2. The number of furan rings is 1. The molecule has 0 aliphatic carbocycles. The maximum absolute atomic E-state index is 5.29. The third kappa shape index (κ3) is 6.00. The predicted molar refractivity (Wildman–Crippen MR) is 79.4 cm³/mol. The van der Waals surface area contributed by atoms with E-state index in [-0.39, 0.29) is 0 Å². The van der Waals surface area contributed by atoms with Gasteiger partial charge in [-0.05, 0) is 25.3 Å². The molecule has 1 atom stereocenters. The minimum atomic E-state index is 0.547. The SMILES string of the molecule is CCNC(=NCC(C)SC)NCCc1ccco1. The molecular formula is C13H23N3OS. The highest BCUT2D eigenvalue weighted by Gasteiger charge is 2.01. The third-order valence-electron chi connectivity index (χ3n) is 2.50. The highest BCUT2D eigenvalue weighted by molar-refractivity contribution is 7.99. The van der Waals surface area contributed by atoms with Crippen molar-refractivity contribution in [3.05, 3.63) is 24.2 Å². The van der Waals surface area contributed by atoms with Crippen molar-refractivity contribution in [2.45, 2.75) is 25.5 Å². The van der Waals surface area contributed by atoms with Crippen LogP contribution in [0.1, 0.15) is 19.6 Å². The number of aliphatic imine (C=N–C) groups is 1. The van der Waals surface area contributed by atoms with Gasteiger partial charge in [-0.25, -0.2) is 0 Å². The van der Waals surface area contributed by atoms with Gasteiger partial charge in [-0.1, -0.05) is 6.92 Å². The molecule has 0 aromatic carbocycles. The molecule has 0 aliphatic heterocycles. The van der Waals surface area contributed by atoms with Gasteiger partial charge in [-0.3, -0.25) is 4.99 Å². The van der Waals surface area contributed by atoms with E-state index in [9.17, 15) is 0 Å². The summed E-state index contributed by atoms with van der Waals surface area (Å²) in [5, 5.41) is 7.10. The van der Waals surface area contributed by atoms with Crippen LogP contribution in [-0.4, -0.2) is 37.1 Å². The Morgan fingerprint density at radius 2 is 2.33 bits per heavy atom. The number of guanidine groups is 1. The fraction of sp³-hybridized carbons (Fsp3) is 0.615. The number of rotatable bonds is 7. The molecule has 0 radical (unpaired) electrons. The molecule has 18 heavy (non-hydrogen) atoms. The Morgan fingerprint density at radius 3 is 2.94 bits per heavy atom. The van der Waals surface area contributed by atoms with Gasteiger partial charge in [0.05, 0.1) is 12.8 Å². The van der Waals surface area contributed by atoms with E-state index in [1.54, 1.807) is 6.26 Å². The van der Waals surface area contributed by atoms with E-state index < -0.39 is 0 Å². The van der Waals surface area contributed by atoms with Crippen LogP contribution >= 0.6 is 11.8 Å². The van der Waals surface area contributed by atoms with Gasteiger partial charge < -0.3 is 15.1 Å². The van der Waals surface area contributed by atoms with Gasteiger partial charge in [0.25, 0.3) is 0 Å². The van der Waals surface area contributed by atoms with Crippen molar-refractivity contribution in [1.29, 1.82) is 0 Å². The Labute approximate surface area is 114 Å². The van der Waals surface area contributed by atoms with E-state index in [0.717, 1.165) is 37.8 Å². The first-order chi connectivity index (χ1) is 8.76. The zero-order valence-electron chi connectivity index (χ0n) is 11.4. The molecular weight excluding hydrogens is 246 g/mol. The molecule has 1 aromatic heterocycles. The monoisotopic (exact) mass is 269 g/mol. The second kappa shape index (κ2) is 8.91. The van der Waals surface area contributed by atoms with Gasteiger partial charge in [0, 0.05) is 24.8 Å². The molecule has 0 bridgehead atoms. The summed E-state index contributed by atoms with van der Waals surface area (Å²) in [6.07, 6.45) is 4.68. The molecule has 1 rings (SSSR count). The van der Waals surface area contributed by atoms with Gasteiger partial charge in [0.15, 0.2) is 5.96 Å². The topological polar surface area (TPSA) is 49.6 Å². The molecule has 5 heteroatoms. The molecule has 0 spiro atoms. The number of hydrogen-bond donors (Lipinski definition) is 2. The Bertz CT molecular complexity index is 338. The van der Waals surface area contributed by atoms with Crippen molar-refractivity contribution in [1.82, 2.24) is 10.6 Å². The summed E-state index contributed by atoms with van der Waals surface area (Å²) in [6, 6.07) is 3.90. The summed E-state index contributed by atoms with van der Waals surface area (Å²) in [4.78, 5) is 4.55. The maximum atomic E-state index is 5.29. The van der Waals surface area contributed by atoms with Crippen LogP contribution in [0.3, 0.4) is 0 Å². The summed E-state index contributed by atoms with van der Waals surface area (Å²) < 4.78 is 5.29. The van der Waals surface area contributed by atoms with E-state index in [1.165, 1.54) is 0 Å². The average Bonchev–Trinajstić information content (AvgIpc) is 2.88.